The van der Waals surface area contributed by atoms with Gasteiger partial charge in [-0.1, -0.05) is 18.2 Å². The average molecular weight is 326 g/mol. The molecule has 0 aliphatic carbocycles. The first kappa shape index (κ1) is 15.9. The molecule has 2 N–H and O–H groups in total. The van der Waals surface area contributed by atoms with Gasteiger partial charge in [0.1, 0.15) is 17.5 Å². The second kappa shape index (κ2) is 7.04. The number of aromatic nitrogens is 2. The van der Waals surface area contributed by atoms with Crippen molar-refractivity contribution < 1.29 is 8.78 Å². The maximum Gasteiger partial charge on any atom is 0.225 e. The molecule has 1 heterocycles. The lowest BCUT2D eigenvalue weighted by molar-refractivity contribution is 0.612. The lowest BCUT2D eigenvalue weighted by Gasteiger charge is -2.10. The minimum atomic E-state index is -0.299. The third-order valence-electron chi connectivity index (χ3n) is 3.37. The van der Waals surface area contributed by atoms with Crippen LogP contribution in [0.1, 0.15) is 11.3 Å². The summed E-state index contributed by atoms with van der Waals surface area (Å²) < 4.78 is 26.6. The zero-order valence-corrected chi connectivity index (χ0v) is 13.1. The van der Waals surface area contributed by atoms with E-state index < -0.39 is 0 Å². The van der Waals surface area contributed by atoms with Crippen LogP contribution in [-0.4, -0.2) is 9.97 Å². The molecule has 0 spiro atoms. The molecule has 0 radical (unpaired) electrons. The van der Waals surface area contributed by atoms with Crippen molar-refractivity contribution in [2.45, 2.75) is 13.5 Å². The Morgan fingerprint density at radius 3 is 2.46 bits per heavy atom. The number of halogens is 2. The fraction of sp³-hybridized carbons (Fsp3) is 0.111. The molecule has 0 aliphatic heterocycles. The van der Waals surface area contributed by atoms with Crippen molar-refractivity contribution in [3.05, 3.63) is 77.5 Å². The van der Waals surface area contributed by atoms with Gasteiger partial charge in [-0.25, -0.2) is 13.8 Å². The fourth-order valence-electron chi connectivity index (χ4n) is 2.21. The molecule has 24 heavy (non-hydrogen) atoms. The van der Waals surface area contributed by atoms with Crippen molar-refractivity contribution in [2.75, 3.05) is 10.6 Å². The molecule has 0 bridgehead atoms. The third-order valence-corrected chi connectivity index (χ3v) is 3.37. The topological polar surface area (TPSA) is 49.8 Å². The number of aryl methyl sites for hydroxylation is 1. The van der Waals surface area contributed by atoms with Crippen molar-refractivity contribution in [3.63, 3.8) is 0 Å². The van der Waals surface area contributed by atoms with Crippen LogP contribution in [0, 0.1) is 18.6 Å². The van der Waals surface area contributed by atoms with E-state index >= 15 is 0 Å². The van der Waals surface area contributed by atoms with Crippen LogP contribution in [0.3, 0.4) is 0 Å². The van der Waals surface area contributed by atoms with Gasteiger partial charge in [0, 0.05) is 29.6 Å². The molecule has 0 saturated heterocycles. The van der Waals surface area contributed by atoms with Gasteiger partial charge in [-0.05, 0) is 37.3 Å². The SMILES string of the molecule is Cc1cc(Nc2ccc(F)cc2)nc(NCc2ccccc2F)n1. The highest BCUT2D eigenvalue weighted by Gasteiger charge is 2.05. The summed E-state index contributed by atoms with van der Waals surface area (Å²) in [5.41, 5.74) is 2.01. The van der Waals surface area contributed by atoms with Gasteiger partial charge in [0.15, 0.2) is 0 Å². The maximum atomic E-state index is 13.6. The van der Waals surface area contributed by atoms with E-state index in [2.05, 4.69) is 20.6 Å². The van der Waals surface area contributed by atoms with Gasteiger partial charge in [0.05, 0.1) is 0 Å². The second-order valence-corrected chi connectivity index (χ2v) is 5.30. The van der Waals surface area contributed by atoms with Crippen molar-refractivity contribution in [2.24, 2.45) is 0 Å². The minimum absolute atomic E-state index is 0.276. The third kappa shape index (κ3) is 4.04. The predicted molar refractivity (Wildman–Crippen MR) is 90.2 cm³/mol. The highest BCUT2D eigenvalue weighted by Crippen LogP contribution is 2.17. The van der Waals surface area contributed by atoms with Crippen LogP contribution in [0.2, 0.25) is 0 Å². The molecular formula is C18H16F2N4. The summed E-state index contributed by atoms with van der Waals surface area (Å²) in [5, 5.41) is 6.11. The zero-order valence-electron chi connectivity index (χ0n) is 13.1. The van der Waals surface area contributed by atoms with E-state index in [0.717, 1.165) is 11.4 Å². The first-order chi connectivity index (χ1) is 11.6. The summed E-state index contributed by atoms with van der Waals surface area (Å²) in [5.74, 6) is 0.391. The van der Waals surface area contributed by atoms with Crippen LogP contribution in [0.5, 0.6) is 0 Å². The highest BCUT2D eigenvalue weighted by atomic mass is 19.1. The Morgan fingerprint density at radius 2 is 1.71 bits per heavy atom. The molecule has 1 aromatic heterocycles. The molecule has 3 aromatic rings. The zero-order chi connectivity index (χ0) is 16.9. The quantitative estimate of drug-likeness (QED) is 0.729. The number of nitrogens with zero attached hydrogens (tertiary/aromatic N) is 2. The van der Waals surface area contributed by atoms with E-state index in [0.29, 0.717) is 17.3 Å². The lowest BCUT2D eigenvalue weighted by atomic mass is 10.2. The summed E-state index contributed by atoms with van der Waals surface area (Å²) in [7, 11) is 0. The molecule has 0 amide bonds. The van der Waals surface area contributed by atoms with Crippen LogP contribution < -0.4 is 10.6 Å². The van der Waals surface area contributed by atoms with Gasteiger partial charge in [-0.15, -0.1) is 0 Å². The maximum absolute atomic E-state index is 13.6. The average Bonchev–Trinajstić information content (AvgIpc) is 2.56. The molecular weight excluding hydrogens is 310 g/mol. The van der Waals surface area contributed by atoms with E-state index in [4.69, 9.17) is 0 Å². The van der Waals surface area contributed by atoms with Crippen LogP contribution >= 0.6 is 0 Å². The van der Waals surface area contributed by atoms with Crippen molar-refractivity contribution in [3.8, 4) is 0 Å². The van der Waals surface area contributed by atoms with Gasteiger partial charge < -0.3 is 10.6 Å². The van der Waals surface area contributed by atoms with E-state index in [1.807, 2.05) is 6.92 Å². The number of benzene rings is 2. The van der Waals surface area contributed by atoms with Gasteiger partial charge in [-0.3, -0.25) is 0 Å². The molecule has 4 nitrogen and oxygen atoms in total. The van der Waals surface area contributed by atoms with Crippen LogP contribution in [0.4, 0.5) is 26.2 Å². The van der Waals surface area contributed by atoms with Gasteiger partial charge in [-0.2, -0.15) is 4.98 Å². The number of hydrogen-bond acceptors (Lipinski definition) is 4. The number of rotatable bonds is 5. The second-order valence-electron chi connectivity index (χ2n) is 5.30. The molecule has 6 heteroatoms. The Kier molecular flexibility index (Phi) is 4.65. The minimum Gasteiger partial charge on any atom is -0.350 e. The van der Waals surface area contributed by atoms with Gasteiger partial charge in [0.25, 0.3) is 0 Å². The normalized spacial score (nSPS) is 10.5. The molecule has 0 saturated carbocycles. The number of hydrogen-bond donors (Lipinski definition) is 2. The molecule has 0 unspecified atom stereocenters. The first-order valence-electron chi connectivity index (χ1n) is 7.46. The Hall–Kier alpha value is -3.02. The summed E-state index contributed by atoms with van der Waals surface area (Å²) in [4.78, 5) is 8.64. The Morgan fingerprint density at radius 1 is 0.958 bits per heavy atom. The van der Waals surface area contributed by atoms with E-state index in [9.17, 15) is 8.78 Å². The van der Waals surface area contributed by atoms with E-state index in [1.165, 1.54) is 18.2 Å². The molecule has 2 aromatic carbocycles. The van der Waals surface area contributed by atoms with Crippen LogP contribution in [-0.2, 0) is 6.54 Å². The fourth-order valence-corrected chi connectivity index (χ4v) is 2.21. The van der Waals surface area contributed by atoms with Crippen molar-refractivity contribution in [1.82, 2.24) is 9.97 Å². The number of nitrogens with one attached hydrogen (secondary N) is 2. The molecule has 0 atom stereocenters. The Bertz CT molecular complexity index is 835. The monoisotopic (exact) mass is 326 g/mol. The predicted octanol–water partition coefficient (Wildman–Crippen LogP) is 4.42. The summed E-state index contributed by atoms with van der Waals surface area (Å²) in [6.07, 6.45) is 0. The van der Waals surface area contributed by atoms with Crippen molar-refractivity contribution in [1.29, 1.82) is 0 Å². The largest absolute Gasteiger partial charge is 0.350 e. The highest BCUT2D eigenvalue weighted by molar-refractivity contribution is 5.57. The van der Waals surface area contributed by atoms with Gasteiger partial charge >= 0.3 is 0 Å². The van der Waals surface area contributed by atoms with Crippen LogP contribution in [0.25, 0.3) is 0 Å². The lowest BCUT2D eigenvalue weighted by Crippen LogP contribution is -2.07. The van der Waals surface area contributed by atoms with Crippen molar-refractivity contribution >= 4 is 17.5 Å². The molecule has 3 rings (SSSR count). The molecule has 0 fully saturated rings. The van der Waals surface area contributed by atoms with Gasteiger partial charge in [0.2, 0.25) is 5.95 Å². The van der Waals surface area contributed by atoms with Crippen LogP contribution in [0.15, 0.2) is 54.6 Å². The first-order valence-corrected chi connectivity index (χ1v) is 7.46. The molecule has 122 valence electrons. The van der Waals surface area contributed by atoms with E-state index in [1.54, 1.807) is 36.4 Å². The number of anilines is 3. The summed E-state index contributed by atoms with van der Waals surface area (Å²) >= 11 is 0. The molecule has 0 aliphatic rings. The Balaban J connectivity index is 1.74. The summed E-state index contributed by atoms with van der Waals surface area (Å²) in [6, 6.07) is 14.3. The Labute approximate surface area is 138 Å². The van der Waals surface area contributed by atoms with E-state index in [-0.39, 0.29) is 18.2 Å². The standard InChI is InChI=1S/C18H16F2N4/c1-12-10-17(23-15-8-6-14(19)7-9-15)24-18(22-12)21-11-13-4-2-3-5-16(13)20/h2-10H,11H2,1H3,(H2,21,22,23,24). The smallest absolute Gasteiger partial charge is 0.225 e. The summed E-state index contributed by atoms with van der Waals surface area (Å²) in [6.45, 7) is 2.12.